The number of benzene rings is 2. The monoisotopic (exact) mass is 395 g/mol. The van der Waals surface area contributed by atoms with Gasteiger partial charge in [-0.3, -0.25) is 4.79 Å². The van der Waals surface area contributed by atoms with Crippen molar-refractivity contribution in [2.24, 2.45) is 0 Å². The highest BCUT2D eigenvalue weighted by Crippen LogP contribution is 2.32. The fourth-order valence-electron chi connectivity index (χ4n) is 3.48. The van der Waals surface area contributed by atoms with Gasteiger partial charge in [-0.05, 0) is 50.1 Å². The van der Waals surface area contributed by atoms with Crippen LogP contribution in [0.4, 0.5) is 5.13 Å². The molecule has 146 valence electrons. The van der Waals surface area contributed by atoms with Gasteiger partial charge in [0.25, 0.3) is 5.91 Å². The number of carbonyl (C=O) groups is 1. The molecular formula is C22H25N3O2S. The van der Waals surface area contributed by atoms with Gasteiger partial charge in [-0.1, -0.05) is 35.6 Å². The van der Waals surface area contributed by atoms with Crippen LogP contribution in [0.5, 0.6) is 5.75 Å². The second-order valence-corrected chi connectivity index (χ2v) is 8.25. The molecule has 1 aliphatic rings. The van der Waals surface area contributed by atoms with E-state index in [4.69, 9.17) is 9.72 Å². The van der Waals surface area contributed by atoms with Gasteiger partial charge in [0.05, 0.1) is 10.2 Å². The number of aryl methyl sites for hydroxylation is 2. The Labute approximate surface area is 169 Å². The molecule has 1 fully saturated rings. The fraction of sp³-hybridized carbons (Fsp3) is 0.364. The van der Waals surface area contributed by atoms with E-state index in [0.29, 0.717) is 13.1 Å². The normalized spacial score (nSPS) is 15.7. The number of hydrogen-bond acceptors (Lipinski definition) is 5. The number of rotatable bonds is 4. The molecule has 0 saturated carbocycles. The first-order valence-electron chi connectivity index (χ1n) is 9.65. The number of fused-ring (bicyclic) bond motifs is 1. The average molecular weight is 396 g/mol. The quantitative estimate of drug-likeness (QED) is 0.669. The summed E-state index contributed by atoms with van der Waals surface area (Å²) in [7, 11) is 0. The molecule has 28 heavy (non-hydrogen) atoms. The molecule has 0 bridgehead atoms. The predicted octanol–water partition coefficient (Wildman–Crippen LogP) is 4.03. The zero-order chi connectivity index (χ0) is 19.7. The van der Waals surface area contributed by atoms with Crippen LogP contribution in [-0.2, 0) is 4.79 Å². The van der Waals surface area contributed by atoms with Gasteiger partial charge in [-0.2, -0.15) is 0 Å². The molecule has 4 rings (SSSR count). The molecule has 0 radical (unpaired) electrons. The number of ether oxygens (including phenoxy) is 1. The number of carbonyl (C=O) groups excluding carboxylic acids is 1. The molecule has 2 heterocycles. The Morgan fingerprint density at radius 2 is 1.79 bits per heavy atom. The molecule has 1 aliphatic heterocycles. The SMILES string of the molecule is Cc1ccc2sc(N3CCN(C(=O)C(C)Oc4ccccc4)CC3)nc2c1C. The van der Waals surface area contributed by atoms with Gasteiger partial charge in [0.15, 0.2) is 11.2 Å². The third-order valence-corrected chi connectivity index (χ3v) is 6.42. The Morgan fingerprint density at radius 3 is 2.50 bits per heavy atom. The molecule has 1 saturated heterocycles. The van der Waals surface area contributed by atoms with Gasteiger partial charge < -0.3 is 14.5 Å². The van der Waals surface area contributed by atoms with Crippen molar-refractivity contribution < 1.29 is 9.53 Å². The molecule has 3 aromatic rings. The molecule has 1 amide bonds. The summed E-state index contributed by atoms with van der Waals surface area (Å²) in [6.45, 7) is 9.04. The average Bonchev–Trinajstić information content (AvgIpc) is 3.16. The van der Waals surface area contributed by atoms with Crippen molar-refractivity contribution in [3.63, 3.8) is 0 Å². The number of para-hydroxylation sites is 1. The van der Waals surface area contributed by atoms with E-state index in [0.717, 1.165) is 29.5 Å². The van der Waals surface area contributed by atoms with E-state index in [-0.39, 0.29) is 5.91 Å². The van der Waals surface area contributed by atoms with Crippen molar-refractivity contribution in [3.8, 4) is 5.75 Å². The maximum atomic E-state index is 12.7. The Balaban J connectivity index is 1.39. The molecule has 0 aliphatic carbocycles. The molecular weight excluding hydrogens is 370 g/mol. The number of thiazole rings is 1. The third kappa shape index (κ3) is 3.69. The van der Waals surface area contributed by atoms with E-state index in [2.05, 4.69) is 30.9 Å². The minimum atomic E-state index is -0.484. The van der Waals surface area contributed by atoms with Crippen molar-refractivity contribution in [2.45, 2.75) is 26.9 Å². The van der Waals surface area contributed by atoms with Crippen LogP contribution in [0.25, 0.3) is 10.2 Å². The van der Waals surface area contributed by atoms with E-state index in [9.17, 15) is 4.79 Å². The summed E-state index contributed by atoms with van der Waals surface area (Å²) in [5.41, 5.74) is 3.62. The lowest BCUT2D eigenvalue weighted by Crippen LogP contribution is -2.52. The van der Waals surface area contributed by atoms with Gasteiger partial charge in [-0.15, -0.1) is 0 Å². The largest absolute Gasteiger partial charge is 0.481 e. The highest BCUT2D eigenvalue weighted by Gasteiger charge is 2.27. The minimum Gasteiger partial charge on any atom is -0.481 e. The topological polar surface area (TPSA) is 45.7 Å². The maximum absolute atomic E-state index is 12.7. The number of anilines is 1. The molecule has 2 aromatic carbocycles. The fourth-order valence-corrected chi connectivity index (χ4v) is 4.56. The Bertz CT molecular complexity index is 978. The van der Waals surface area contributed by atoms with Crippen molar-refractivity contribution in [3.05, 3.63) is 53.6 Å². The molecule has 1 atom stereocenters. The number of amides is 1. The lowest BCUT2D eigenvalue weighted by Gasteiger charge is -2.35. The van der Waals surface area contributed by atoms with E-state index in [1.54, 1.807) is 11.3 Å². The zero-order valence-electron chi connectivity index (χ0n) is 16.5. The highest BCUT2D eigenvalue weighted by molar-refractivity contribution is 7.22. The summed E-state index contributed by atoms with van der Waals surface area (Å²) in [5.74, 6) is 0.765. The maximum Gasteiger partial charge on any atom is 0.263 e. The van der Waals surface area contributed by atoms with Crippen LogP contribution in [0.15, 0.2) is 42.5 Å². The number of hydrogen-bond donors (Lipinski definition) is 0. The van der Waals surface area contributed by atoms with Gasteiger partial charge in [0.1, 0.15) is 5.75 Å². The molecule has 1 aromatic heterocycles. The Kier molecular flexibility index (Phi) is 5.22. The first-order chi connectivity index (χ1) is 13.5. The summed E-state index contributed by atoms with van der Waals surface area (Å²) in [4.78, 5) is 21.8. The van der Waals surface area contributed by atoms with Gasteiger partial charge >= 0.3 is 0 Å². The Hall–Kier alpha value is -2.60. The smallest absolute Gasteiger partial charge is 0.263 e. The molecule has 6 heteroatoms. The summed E-state index contributed by atoms with van der Waals surface area (Å²) < 4.78 is 7.01. The Morgan fingerprint density at radius 1 is 1.07 bits per heavy atom. The third-order valence-electron chi connectivity index (χ3n) is 5.34. The first kappa shape index (κ1) is 18.7. The van der Waals surface area contributed by atoms with Crippen molar-refractivity contribution in [1.82, 2.24) is 9.88 Å². The van der Waals surface area contributed by atoms with Crippen LogP contribution in [0, 0.1) is 13.8 Å². The predicted molar refractivity (Wildman–Crippen MR) is 114 cm³/mol. The molecule has 0 spiro atoms. The highest BCUT2D eigenvalue weighted by atomic mass is 32.1. The van der Waals surface area contributed by atoms with Crippen molar-refractivity contribution >= 4 is 32.6 Å². The van der Waals surface area contributed by atoms with Crippen LogP contribution >= 0.6 is 11.3 Å². The van der Waals surface area contributed by atoms with Crippen molar-refractivity contribution in [1.29, 1.82) is 0 Å². The second kappa shape index (κ2) is 7.80. The van der Waals surface area contributed by atoms with Gasteiger partial charge in [-0.25, -0.2) is 4.98 Å². The van der Waals surface area contributed by atoms with Gasteiger partial charge in [0, 0.05) is 26.2 Å². The molecule has 0 N–H and O–H groups in total. The minimum absolute atomic E-state index is 0.0410. The lowest BCUT2D eigenvalue weighted by atomic mass is 10.1. The van der Waals surface area contributed by atoms with Crippen LogP contribution in [-0.4, -0.2) is 48.1 Å². The van der Waals surface area contributed by atoms with Crippen LogP contribution in [0.2, 0.25) is 0 Å². The molecule has 1 unspecified atom stereocenters. The summed E-state index contributed by atoms with van der Waals surface area (Å²) in [6, 6.07) is 13.8. The van der Waals surface area contributed by atoms with E-state index in [1.807, 2.05) is 42.2 Å². The summed E-state index contributed by atoms with van der Waals surface area (Å²) in [6.07, 6.45) is -0.484. The standard InChI is InChI=1S/C22H25N3O2S/c1-15-9-10-19-20(16(15)2)23-22(28-19)25-13-11-24(12-14-25)21(26)17(3)27-18-7-5-4-6-8-18/h4-10,17H,11-14H2,1-3H3. The second-order valence-electron chi connectivity index (χ2n) is 7.24. The number of aromatic nitrogens is 1. The van der Waals surface area contributed by atoms with E-state index in [1.165, 1.54) is 15.8 Å². The lowest BCUT2D eigenvalue weighted by molar-refractivity contribution is -0.138. The first-order valence-corrected chi connectivity index (χ1v) is 10.5. The van der Waals surface area contributed by atoms with Crippen LogP contribution in [0.3, 0.4) is 0 Å². The summed E-state index contributed by atoms with van der Waals surface area (Å²) >= 11 is 1.73. The number of nitrogens with zero attached hydrogens (tertiary/aromatic N) is 3. The molecule has 5 nitrogen and oxygen atoms in total. The van der Waals surface area contributed by atoms with E-state index < -0.39 is 6.10 Å². The van der Waals surface area contributed by atoms with Crippen molar-refractivity contribution in [2.75, 3.05) is 31.1 Å². The number of piperazine rings is 1. The van der Waals surface area contributed by atoms with E-state index >= 15 is 0 Å². The summed E-state index contributed by atoms with van der Waals surface area (Å²) in [5, 5.41) is 1.05. The van der Waals surface area contributed by atoms with Crippen LogP contribution < -0.4 is 9.64 Å². The van der Waals surface area contributed by atoms with Crippen LogP contribution in [0.1, 0.15) is 18.1 Å². The zero-order valence-corrected chi connectivity index (χ0v) is 17.3. The van der Waals surface area contributed by atoms with Gasteiger partial charge in [0.2, 0.25) is 0 Å².